The van der Waals surface area contributed by atoms with Crippen molar-refractivity contribution >= 4 is 34.0 Å². The maximum Gasteiger partial charge on any atom is 0.534 e. The van der Waals surface area contributed by atoms with Crippen molar-refractivity contribution in [2.45, 2.75) is 69.8 Å². The third-order valence-electron chi connectivity index (χ3n) is 6.50. The first-order chi connectivity index (χ1) is 21.8. The zero-order chi connectivity index (χ0) is 35.3. The van der Waals surface area contributed by atoms with Gasteiger partial charge in [0, 0.05) is 33.3 Å². The Labute approximate surface area is 266 Å². The number of alkyl halides is 3. The van der Waals surface area contributed by atoms with E-state index in [0.717, 1.165) is 39.8 Å². The molecular weight excluding hydrogens is 659 g/mol. The van der Waals surface area contributed by atoms with E-state index in [1.165, 1.54) is 30.3 Å². The second-order valence-electron chi connectivity index (χ2n) is 10.1. The Bertz CT molecular complexity index is 1670. The van der Waals surface area contributed by atoms with E-state index in [2.05, 4.69) is 4.18 Å². The van der Waals surface area contributed by atoms with Crippen molar-refractivity contribution in [2.75, 3.05) is 6.61 Å². The van der Waals surface area contributed by atoms with Crippen LogP contribution in [0.25, 0.3) is 0 Å². The summed E-state index contributed by atoms with van der Waals surface area (Å²) in [6.07, 6.45) is -6.77. The molecule has 1 aliphatic heterocycles. The van der Waals surface area contributed by atoms with Crippen molar-refractivity contribution in [1.29, 1.82) is 5.26 Å². The van der Waals surface area contributed by atoms with Gasteiger partial charge in [0.1, 0.15) is 18.5 Å². The Hall–Kier alpha value is -4.73. The molecule has 1 unspecified atom stereocenters. The van der Waals surface area contributed by atoms with Crippen LogP contribution < -0.4 is 4.18 Å². The van der Waals surface area contributed by atoms with E-state index in [4.69, 9.17) is 23.7 Å². The van der Waals surface area contributed by atoms with E-state index in [-0.39, 0.29) is 23.1 Å². The smallest absolute Gasteiger partial charge is 0.463 e. The van der Waals surface area contributed by atoms with E-state index in [0.29, 0.717) is 5.56 Å². The van der Waals surface area contributed by atoms with Crippen LogP contribution >= 0.6 is 0 Å². The van der Waals surface area contributed by atoms with E-state index in [1.807, 2.05) is 6.07 Å². The number of benzene rings is 2. The number of esters is 4. The molecule has 0 aliphatic carbocycles. The third kappa shape index (κ3) is 8.96. The van der Waals surface area contributed by atoms with Gasteiger partial charge in [0.2, 0.25) is 11.9 Å². The highest BCUT2D eigenvalue weighted by molar-refractivity contribution is 7.88. The molecule has 2 aromatic rings. The first-order valence-corrected chi connectivity index (χ1v) is 14.9. The highest BCUT2D eigenvalue weighted by Gasteiger charge is 2.60. The van der Waals surface area contributed by atoms with Gasteiger partial charge in [-0.25, -0.2) is 0 Å². The maximum absolute atomic E-state index is 12.7. The number of nitrogens with zero attached hydrogens (tertiary/aromatic N) is 1. The Balaban J connectivity index is 2.10. The summed E-state index contributed by atoms with van der Waals surface area (Å²) in [5, 5.41) is 21.8. The fourth-order valence-electron chi connectivity index (χ4n) is 4.64. The zero-order valence-electron chi connectivity index (χ0n) is 25.1. The molecule has 0 aromatic heterocycles. The van der Waals surface area contributed by atoms with Crippen LogP contribution in [0.3, 0.4) is 0 Å². The molecule has 0 bridgehead atoms. The molecular formula is C29H28F3NO13S. The van der Waals surface area contributed by atoms with Gasteiger partial charge in [0.15, 0.2) is 12.2 Å². The number of carbonyl (C=O) groups excluding carboxylic acids is 4. The first kappa shape index (κ1) is 36.7. The summed E-state index contributed by atoms with van der Waals surface area (Å²) in [4.78, 5) is 48.0. The molecule has 1 N–H and O–H groups in total. The van der Waals surface area contributed by atoms with Gasteiger partial charge in [-0.15, -0.1) is 0 Å². The molecule has 3 rings (SSSR count). The normalized spacial score (nSPS) is 22.7. The van der Waals surface area contributed by atoms with Gasteiger partial charge < -0.3 is 33.0 Å². The van der Waals surface area contributed by atoms with Crippen molar-refractivity contribution in [3.8, 4) is 11.8 Å². The first-order valence-electron chi connectivity index (χ1n) is 13.5. The number of hydrogen-bond acceptors (Lipinski definition) is 14. The monoisotopic (exact) mass is 687 g/mol. The summed E-state index contributed by atoms with van der Waals surface area (Å²) >= 11 is 0. The quantitative estimate of drug-likeness (QED) is 0.165. The SMILES string of the molecule is CC(=O)OC[C@H]1OC(O)(c2ccc(C#N)c(Cc3ccc(OS(=O)(=O)C(F)(F)F)cc3)c2)[C@H](OC(C)=O)[C@@H](OC(C)=O)[C@@H]1OC(C)=O. The summed E-state index contributed by atoms with van der Waals surface area (Å²) in [6.45, 7) is 3.45. The number of aliphatic hydroxyl groups is 1. The molecule has 14 nitrogen and oxygen atoms in total. The predicted molar refractivity (Wildman–Crippen MR) is 148 cm³/mol. The van der Waals surface area contributed by atoms with E-state index >= 15 is 0 Å². The van der Waals surface area contributed by atoms with Crippen LogP contribution in [-0.2, 0) is 65.2 Å². The van der Waals surface area contributed by atoms with Crippen molar-refractivity contribution in [3.63, 3.8) is 0 Å². The van der Waals surface area contributed by atoms with Crippen LogP contribution in [0.4, 0.5) is 13.2 Å². The number of halogens is 3. The number of ether oxygens (including phenoxy) is 5. The second kappa shape index (κ2) is 14.4. The number of carbonyl (C=O) groups is 4. The van der Waals surface area contributed by atoms with Crippen LogP contribution in [0, 0.1) is 11.3 Å². The molecule has 254 valence electrons. The molecule has 1 heterocycles. The second-order valence-corrected chi connectivity index (χ2v) is 11.7. The summed E-state index contributed by atoms with van der Waals surface area (Å²) in [5.41, 5.74) is -5.21. The largest absolute Gasteiger partial charge is 0.534 e. The van der Waals surface area contributed by atoms with E-state index in [9.17, 15) is 51.1 Å². The molecule has 0 radical (unpaired) electrons. The average Bonchev–Trinajstić information content (AvgIpc) is 2.95. The summed E-state index contributed by atoms with van der Waals surface area (Å²) in [6, 6.07) is 10.1. The molecule has 1 saturated heterocycles. The molecule has 0 saturated carbocycles. The predicted octanol–water partition coefficient (Wildman–Crippen LogP) is 2.28. The Morgan fingerprint density at radius 3 is 2.00 bits per heavy atom. The van der Waals surface area contributed by atoms with Gasteiger partial charge >= 0.3 is 39.5 Å². The van der Waals surface area contributed by atoms with Crippen LogP contribution in [0.15, 0.2) is 42.5 Å². The lowest BCUT2D eigenvalue weighted by Gasteiger charge is -2.48. The third-order valence-corrected chi connectivity index (χ3v) is 7.48. The molecule has 1 aliphatic rings. The minimum atomic E-state index is -5.92. The maximum atomic E-state index is 12.7. The number of rotatable bonds is 10. The minimum Gasteiger partial charge on any atom is -0.463 e. The molecule has 18 heteroatoms. The van der Waals surface area contributed by atoms with Gasteiger partial charge in [-0.2, -0.15) is 26.9 Å². The standard InChI is InChI=1S/C29H28F3NO13S/c1-15(34)41-14-24-25(42-16(2)35)26(43-17(3)36)27(44-18(4)37)28(38,45-24)22-8-7-20(13-33)21(12-22)11-19-5-9-23(10-6-19)46-47(39,40)29(30,31)32/h5-10,12,24-27,38H,11,14H2,1-4H3/t24-,25-,26+,27-,28?/m1/s1. The van der Waals surface area contributed by atoms with Crippen molar-refractivity contribution < 1.29 is 73.7 Å². The van der Waals surface area contributed by atoms with Crippen LogP contribution in [0.5, 0.6) is 5.75 Å². The van der Waals surface area contributed by atoms with Gasteiger partial charge in [-0.1, -0.05) is 18.2 Å². The lowest BCUT2D eigenvalue weighted by atomic mass is 9.85. The van der Waals surface area contributed by atoms with Gasteiger partial charge in [-0.3, -0.25) is 19.2 Å². The number of nitriles is 1. The summed E-state index contributed by atoms with van der Waals surface area (Å²) < 4.78 is 91.7. The highest BCUT2D eigenvalue weighted by Crippen LogP contribution is 2.41. The van der Waals surface area contributed by atoms with Gasteiger partial charge in [0.25, 0.3) is 0 Å². The molecule has 0 amide bonds. The molecule has 5 atom stereocenters. The van der Waals surface area contributed by atoms with Crippen LogP contribution in [-0.4, -0.2) is 73.9 Å². The van der Waals surface area contributed by atoms with E-state index < -0.39 is 82.1 Å². The molecule has 0 spiro atoms. The van der Waals surface area contributed by atoms with Crippen molar-refractivity contribution in [1.82, 2.24) is 0 Å². The highest BCUT2D eigenvalue weighted by atomic mass is 32.2. The van der Waals surface area contributed by atoms with Crippen LogP contribution in [0.1, 0.15) is 49.9 Å². The lowest BCUT2D eigenvalue weighted by molar-refractivity contribution is -0.360. The molecule has 47 heavy (non-hydrogen) atoms. The zero-order valence-corrected chi connectivity index (χ0v) is 25.9. The summed E-state index contributed by atoms with van der Waals surface area (Å²) in [7, 11) is -5.92. The van der Waals surface area contributed by atoms with E-state index in [1.54, 1.807) is 0 Å². The average molecular weight is 688 g/mol. The fraction of sp³-hybridized carbons (Fsp3) is 0.414. The Morgan fingerprint density at radius 2 is 1.49 bits per heavy atom. The fourth-order valence-corrected chi connectivity index (χ4v) is 5.10. The van der Waals surface area contributed by atoms with Crippen LogP contribution in [0.2, 0.25) is 0 Å². The number of hydrogen-bond donors (Lipinski definition) is 1. The van der Waals surface area contributed by atoms with Gasteiger partial charge in [-0.05, 0) is 41.8 Å². The van der Waals surface area contributed by atoms with Gasteiger partial charge in [0.05, 0.1) is 11.6 Å². The lowest BCUT2D eigenvalue weighted by Crippen LogP contribution is -2.66. The minimum absolute atomic E-state index is 0.0583. The molecule has 1 fully saturated rings. The topological polar surface area (TPSA) is 202 Å². The van der Waals surface area contributed by atoms with Crippen molar-refractivity contribution in [3.05, 3.63) is 64.7 Å². The summed E-state index contributed by atoms with van der Waals surface area (Å²) in [5.74, 6) is -6.90. The Morgan fingerprint density at radius 1 is 0.915 bits per heavy atom. The van der Waals surface area contributed by atoms with Crippen molar-refractivity contribution in [2.24, 2.45) is 0 Å². The molecule has 2 aromatic carbocycles. The Kier molecular flexibility index (Phi) is 11.2.